The number of carbonyl (C=O) groups excluding carboxylic acids is 1. The van der Waals surface area contributed by atoms with Gasteiger partial charge in [0.15, 0.2) is 5.50 Å². The molecule has 2 aromatic rings. The van der Waals surface area contributed by atoms with E-state index >= 15 is 0 Å². The highest BCUT2D eigenvalue weighted by Crippen LogP contribution is 2.30. The van der Waals surface area contributed by atoms with Gasteiger partial charge in [-0.15, -0.1) is 0 Å². The predicted molar refractivity (Wildman–Crippen MR) is 98.4 cm³/mol. The van der Waals surface area contributed by atoms with E-state index in [9.17, 15) is 4.79 Å². The molecule has 3 rings (SSSR count). The number of benzene rings is 2. The second-order valence-electron chi connectivity index (χ2n) is 5.23. The number of rotatable bonds is 4. The molecule has 0 unspecified atom stereocenters. The molecule has 1 aliphatic rings. The van der Waals surface area contributed by atoms with Gasteiger partial charge in [0, 0.05) is 10.7 Å². The molecule has 0 aromatic heterocycles. The molecule has 3 nitrogen and oxygen atoms in total. The number of thioether (sulfide) groups is 1. The molecule has 118 valence electrons. The molecule has 1 aliphatic heterocycles. The summed E-state index contributed by atoms with van der Waals surface area (Å²) in [6, 6.07) is 15.7. The van der Waals surface area contributed by atoms with E-state index in [-0.39, 0.29) is 11.4 Å². The van der Waals surface area contributed by atoms with E-state index in [4.69, 9.17) is 11.6 Å². The number of carbonyl (C=O) groups is 1. The lowest BCUT2D eigenvalue weighted by molar-refractivity contribution is -0.116. The van der Waals surface area contributed by atoms with Crippen molar-refractivity contribution in [2.45, 2.75) is 18.8 Å². The first-order chi connectivity index (χ1) is 11.1. The van der Waals surface area contributed by atoms with E-state index in [0.717, 1.165) is 17.7 Å². The van der Waals surface area contributed by atoms with E-state index < -0.39 is 0 Å². The Bertz CT molecular complexity index is 726. The van der Waals surface area contributed by atoms with Crippen LogP contribution in [-0.2, 0) is 11.2 Å². The summed E-state index contributed by atoms with van der Waals surface area (Å²) in [7, 11) is 0. The van der Waals surface area contributed by atoms with Crippen LogP contribution in [0.2, 0.25) is 5.02 Å². The summed E-state index contributed by atoms with van der Waals surface area (Å²) in [5.41, 5.74) is 3.09. The lowest BCUT2D eigenvalue weighted by Gasteiger charge is -2.12. The van der Waals surface area contributed by atoms with E-state index in [1.165, 1.54) is 17.3 Å². The van der Waals surface area contributed by atoms with Gasteiger partial charge in [-0.25, -0.2) is 0 Å². The zero-order valence-electron chi connectivity index (χ0n) is 12.7. The number of hydrogen-bond acceptors (Lipinski definition) is 3. The van der Waals surface area contributed by atoms with Gasteiger partial charge in [-0.2, -0.15) is 0 Å². The zero-order valence-corrected chi connectivity index (χ0v) is 14.2. The van der Waals surface area contributed by atoms with Crippen LogP contribution in [0.4, 0.5) is 5.69 Å². The molecule has 1 heterocycles. The summed E-state index contributed by atoms with van der Waals surface area (Å²) in [5, 5.41) is 6.93. The molecule has 0 spiro atoms. The molecule has 0 radical (unpaired) electrons. The molecular weight excluding hydrogens is 328 g/mol. The summed E-state index contributed by atoms with van der Waals surface area (Å²) in [4.78, 5) is 12.8. The second-order valence-corrected chi connectivity index (χ2v) is 6.81. The van der Waals surface area contributed by atoms with Crippen LogP contribution in [-0.4, -0.2) is 11.4 Å². The maximum atomic E-state index is 12.1. The predicted octanol–water partition coefficient (Wildman–Crippen LogP) is 4.50. The zero-order chi connectivity index (χ0) is 16.2. The minimum Gasteiger partial charge on any atom is -0.357 e. The maximum absolute atomic E-state index is 12.1. The highest BCUT2D eigenvalue weighted by atomic mass is 35.5. The Hall–Kier alpha value is -1.91. The normalized spacial score (nSPS) is 19.0. The summed E-state index contributed by atoms with van der Waals surface area (Å²) in [6.45, 7) is 2.13. The minimum atomic E-state index is -0.159. The van der Waals surface area contributed by atoms with Gasteiger partial charge >= 0.3 is 0 Å². The van der Waals surface area contributed by atoms with E-state index in [2.05, 4.69) is 29.7 Å². The van der Waals surface area contributed by atoms with E-state index in [0.29, 0.717) is 9.93 Å². The number of hydrogen-bond donors (Lipinski definition) is 2. The fraction of sp³-hybridized carbons (Fsp3) is 0.167. The van der Waals surface area contributed by atoms with Crippen molar-refractivity contribution in [2.75, 3.05) is 5.32 Å². The fourth-order valence-electron chi connectivity index (χ4n) is 2.26. The molecule has 0 saturated carbocycles. The summed E-state index contributed by atoms with van der Waals surface area (Å²) in [5.74, 6) is -0.0624. The molecule has 23 heavy (non-hydrogen) atoms. The average Bonchev–Trinajstić information content (AvgIpc) is 2.90. The highest BCUT2D eigenvalue weighted by Gasteiger charge is 2.26. The van der Waals surface area contributed by atoms with Crippen molar-refractivity contribution in [3.8, 4) is 0 Å². The summed E-state index contributed by atoms with van der Waals surface area (Å²) >= 11 is 7.36. The molecule has 0 aliphatic carbocycles. The van der Waals surface area contributed by atoms with Crippen molar-refractivity contribution in [2.24, 2.45) is 0 Å². The lowest BCUT2D eigenvalue weighted by atomic mass is 10.1. The number of amides is 1. The first-order valence-corrected chi connectivity index (χ1v) is 8.70. The Labute approximate surface area is 145 Å². The molecule has 1 amide bonds. The van der Waals surface area contributed by atoms with Crippen molar-refractivity contribution in [3.05, 3.63) is 69.6 Å². The molecule has 1 fully saturated rings. The summed E-state index contributed by atoms with van der Waals surface area (Å²) in [6.07, 6.45) is 2.89. The van der Waals surface area contributed by atoms with Gasteiger partial charge in [-0.1, -0.05) is 54.6 Å². The Kier molecular flexibility index (Phi) is 4.94. The van der Waals surface area contributed by atoms with Crippen LogP contribution < -0.4 is 10.6 Å². The van der Waals surface area contributed by atoms with Gasteiger partial charge in [0.1, 0.15) is 0 Å². The Morgan fingerprint density at radius 1 is 1.17 bits per heavy atom. The Balaban J connectivity index is 1.67. The van der Waals surface area contributed by atoms with Crippen molar-refractivity contribution >= 4 is 41.0 Å². The Morgan fingerprint density at radius 2 is 1.87 bits per heavy atom. The third-order valence-corrected chi connectivity index (χ3v) is 4.84. The number of nitrogens with one attached hydrogen (secondary N) is 2. The Morgan fingerprint density at radius 3 is 2.52 bits per heavy atom. The number of halogens is 1. The van der Waals surface area contributed by atoms with Crippen LogP contribution in [0.1, 0.15) is 18.1 Å². The molecule has 1 atom stereocenters. The monoisotopic (exact) mass is 344 g/mol. The molecule has 2 N–H and O–H groups in total. The first-order valence-electron chi connectivity index (χ1n) is 7.44. The smallest absolute Gasteiger partial charge is 0.260 e. The first kappa shape index (κ1) is 16.0. The van der Waals surface area contributed by atoms with Crippen LogP contribution in [0.15, 0.2) is 53.4 Å². The van der Waals surface area contributed by atoms with Gasteiger partial charge in [-0.3, -0.25) is 4.79 Å². The third-order valence-electron chi connectivity index (χ3n) is 3.56. The third kappa shape index (κ3) is 4.09. The number of anilines is 1. The number of aryl methyl sites for hydroxylation is 1. The van der Waals surface area contributed by atoms with Crippen molar-refractivity contribution in [1.29, 1.82) is 0 Å². The molecular formula is C18H17ClN2OS. The van der Waals surface area contributed by atoms with Gasteiger partial charge < -0.3 is 10.6 Å². The summed E-state index contributed by atoms with van der Waals surface area (Å²) < 4.78 is 0. The van der Waals surface area contributed by atoms with Gasteiger partial charge in [0.05, 0.1) is 4.91 Å². The lowest BCUT2D eigenvalue weighted by Crippen LogP contribution is -2.30. The van der Waals surface area contributed by atoms with Crippen LogP contribution in [0.3, 0.4) is 0 Å². The van der Waals surface area contributed by atoms with Crippen LogP contribution in [0, 0.1) is 0 Å². The van der Waals surface area contributed by atoms with Crippen LogP contribution >= 0.6 is 23.4 Å². The SMILES string of the molecule is CCc1ccc(N[C@H]2NC(=O)/C(=C/c3ccc(Cl)cc3)S2)cc1. The van der Waals surface area contributed by atoms with Crippen LogP contribution in [0.25, 0.3) is 6.08 Å². The molecule has 2 aromatic carbocycles. The molecule has 0 bridgehead atoms. The van der Waals surface area contributed by atoms with Gasteiger partial charge in [-0.05, 0) is 47.9 Å². The van der Waals surface area contributed by atoms with E-state index in [1.54, 1.807) is 0 Å². The quantitative estimate of drug-likeness (QED) is 0.802. The van der Waals surface area contributed by atoms with Crippen LogP contribution in [0.5, 0.6) is 0 Å². The fourth-order valence-corrected chi connectivity index (χ4v) is 3.37. The van der Waals surface area contributed by atoms with Crippen molar-refractivity contribution < 1.29 is 4.79 Å². The van der Waals surface area contributed by atoms with Gasteiger partial charge in [0.2, 0.25) is 0 Å². The highest BCUT2D eigenvalue weighted by molar-refractivity contribution is 8.05. The van der Waals surface area contributed by atoms with Gasteiger partial charge in [0.25, 0.3) is 5.91 Å². The second kappa shape index (κ2) is 7.11. The largest absolute Gasteiger partial charge is 0.357 e. The van der Waals surface area contributed by atoms with Crippen molar-refractivity contribution in [1.82, 2.24) is 5.32 Å². The maximum Gasteiger partial charge on any atom is 0.260 e. The standard InChI is InChI=1S/C18H17ClN2OS/c1-2-12-5-9-15(10-6-12)20-18-21-17(22)16(23-18)11-13-3-7-14(19)8-4-13/h3-11,18,20H,2H2,1H3,(H,21,22)/b16-11-/t18-/m0/s1. The van der Waals surface area contributed by atoms with E-state index in [1.807, 2.05) is 42.5 Å². The molecule has 5 heteroatoms. The minimum absolute atomic E-state index is 0.0624. The molecule has 1 saturated heterocycles. The topological polar surface area (TPSA) is 41.1 Å². The average molecular weight is 345 g/mol. The van der Waals surface area contributed by atoms with Crippen molar-refractivity contribution in [3.63, 3.8) is 0 Å².